The van der Waals surface area contributed by atoms with Gasteiger partial charge in [0.1, 0.15) is 11.3 Å². The molecule has 0 aliphatic rings. The Morgan fingerprint density at radius 3 is 2.57 bits per heavy atom. The van der Waals surface area contributed by atoms with Gasteiger partial charge in [-0.3, -0.25) is 9.59 Å². The molecule has 3 rings (SSSR count). The minimum absolute atomic E-state index is 0.0504. The molecular weight excluding hydrogens is 358 g/mol. The van der Waals surface area contributed by atoms with Gasteiger partial charge in [-0.2, -0.15) is 0 Å². The molecule has 146 valence electrons. The van der Waals surface area contributed by atoms with Crippen LogP contribution in [0.5, 0.6) is 5.75 Å². The van der Waals surface area contributed by atoms with Crippen LogP contribution in [-0.2, 0) is 27.2 Å². The number of furan rings is 1. The quantitative estimate of drug-likeness (QED) is 0.594. The number of anilines is 1. The summed E-state index contributed by atoms with van der Waals surface area (Å²) in [5, 5.41) is 3.56. The summed E-state index contributed by atoms with van der Waals surface area (Å²) in [6.45, 7) is 4.20. The highest BCUT2D eigenvalue weighted by Crippen LogP contribution is 2.23. The lowest BCUT2D eigenvalue weighted by Gasteiger charge is -2.08. The van der Waals surface area contributed by atoms with E-state index < -0.39 is 11.9 Å². The first kappa shape index (κ1) is 19.5. The van der Waals surface area contributed by atoms with E-state index in [1.807, 2.05) is 25.1 Å². The van der Waals surface area contributed by atoms with Crippen LogP contribution in [-0.4, -0.2) is 25.1 Å². The van der Waals surface area contributed by atoms with Gasteiger partial charge in [-0.15, -0.1) is 0 Å². The van der Waals surface area contributed by atoms with Crippen molar-refractivity contribution in [1.29, 1.82) is 0 Å². The van der Waals surface area contributed by atoms with E-state index in [1.165, 1.54) is 5.56 Å². The van der Waals surface area contributed by atoms with Crippen LogP contribution in [0, 0.1) is 0 Å². The standard InChI is InChI=1S/C22H23NO5/c1-3-15-5-10-19-16(13-27-20(19)11-15)12-22(25)28-14-21(24)23-17-6-8-18(9-7-17)26-4-2/h5-11,13H,3-4,12,14H2,1-2H3,(H,23,24). The number of esters is 1. The first-order chi connectivity index (χ1) is 13.6. The lowest BCUT2D eigenvalue weighted by molar-refractivity contribution is -0.146. The van der Waals surface area contributed by atoms with Gasteiger partial charge in [0.25, 0.3) is 5.91 Å². The molecule has 1 aromatic heterocycles. The molecule has 6 nitrogen and oxygen atoms in total. The topological polar surface area (TPSA) is 77.8 Å². The van der Waals surface area contributed by atoms with Crippen molar-refractivity contribution in [3.8, 4) is 5.75 Å². The van der Waals surface area contributed by atoms with Gasteiger partial charge in [0.2, 0.25) is 0 Å². The number of hydrogen-bond acceptors (Lipinski definition) is 5. The number of carbonyl (C=O) groups excluding carboxylic acids is 2. The summed E-state index contributed by atoms with van der Waals surface area (Å²) in [4.78, 5) is 24.1. The summed E-state index contributed by atoms with van der Waals surface area (Å²) in [5.41, 5.74) is 3.27. The minimum atomic E-state index is -0.482. The monoisotopic (exact) mass is 381 g/mol. The van der Waals surface area contributed by atoms with Crippen LogP contribution >= 0.6 is 0 Å². The van der Waals surface area contributed by atoms with Crippen molar-refractivity contribution in [3.05, 3.63) is 59.9 Å². The fourth-order valence-electron chi connectivity index (χ4n) is 2.84. The third kappa shape index (κ3) is 4.91. The molecule has 0 atom stereocenters. The Balaban J connectivity index is 1.50. The second-order valence-electron chi connectivity index (χ2n) is 6.29. The molecule has 0 unspecified atom stereocenters. The first-order valence-electron chi connectivity index (χ1n) is 9.26. The van der Waals surface area contributed by atoms with Gasteiger partial charge in [0, 0.05) is 16.6 Å². The van der Waals surface area contributed by atoms with Crippen LogP contribution in [0.1, 0.15) is 25.0 Å². The van der Waals surface area contributed by atoms with Crippen molar-refractivity contribution in [1.82, 2.24) is 0 Å². The molecule has 6 heteroatoms. The van der Waals surface area contributed by atoms with E-state index in [0.717, 1.165) is 28.7 Å². The predicted octanol–water partition coefficient (Wildman–Crippen LogP) is 4.12. The van der Waals surface area contributed by atoms with E-state index in [2.05, 4.69) is 12.2 Å². The van der Waals surface area contributed by atoms with Gasteiger partial charge in [-0.05, 0) is 49.2 Å². The molecular formula is C22H23NO5. The van der Waals surface area contributed by atoms with Crippen molar-refractivity contribution in [2.75, 3.05) is 18.5 Å². The Kier molecular flexibility index (Phi) is 6.32. The summed E-state index contributed by atoms with van der Waals surface area (Å²) in [6.07, 6.45) is 2.53. The summed E-state index contributed by atoms with van der Waals surface area (Å²) >= 11 is 0. The largest absolute Gasteiger partial charge is 0.494 e. The number of fused-ring (bicyclic) bond motifs is 1. The van der Waals surface area contributed by atoms with Crippen molar-refractivity contribution < 1.29 is 23.5 Å². The zero-order valence-electron chi connectivity index (χ0n) is 16.0. The zero-order valence-corrected chi connectivity index (χ0v) is 16.0. The fraction of sp³-hybridized carbons (Fsp3) is 0.273. The maximum absolute atomic E-state index is 12.1. The van der Waals surface area contributed by atoms with Gasteiger partial charge in [0.05, 0.1) is 19.3 Å². The Bertz CT molecular complexity index is 959. The number of amides is 1. The smallest absolute Gasteiger partial charge is 0.310 e. The highest BCUT2D eigenvalue weighted by atomic mass is 16.5. The van der Waals surface area contributed by atoms with E-state index in [4.69, 9.17) is 13.9 Å². The number of rotatable bonds is 8. The molecule has 0 aliphatic carbocycles. The number of aryl methyl sites for hydroxylation is 1. The molecule has 3 aromatic rings. The van der Waals surface area contributed by atoms with Crippen LogP contribution in [0.4, 0.5) is 5.69 Å². The third-order valence-corrected chi connectivity index (χ3v) is 4.28. The van der Waals surface area contributed by atoms with Crippen molar-refractivity contribution >= 4 is 28.5 Å². The number of benzene rings is 2. The molecule has 0 bridgehead atoms. The summed E-state index contributed by atoms with van der Waals surface area (Å²) < 4.78 is 16.0. The molecule has 2 aromatic carbocycles. The fourth-order valence-corrected chi connectivity index (χ4v) is 2.84. The van der Waals surface area contributed by atoms with E-state index in [1.54, 1.807) is 30.5 Å². The average molecular weight is 381 g/mol. The normalized spacial score (nSPS) is 10.6. The Morgan fingerprint density at radius 2 is 1.86 bits per heavy atom. The summed E-state index contributed by atoms with van der Waals surface area (Å²) in [5.74, 6) is -0.156. The second kappa shape index (κ2) is 9.08. The maximum atomic E-state index is 12.1. The Hall–Kier alpha value is -3.28. The second-order valence-corrected chi connectivity index (χ2v) is 6.29. The number of hydrogen-bond donors (Lipinski definition) is 1. The highest BCUT2D eigenvalue weighted by molar-refractivity contribution is 5.93. The lowest BCUT2D eigenvalue weighted by atomic mass is 10.1. The van der Waals surface area contributed by atoms with Gasteiger partial charge < -0.3 is 19.2 Å². The number of carbonyl (C=O) groups is 2. The SMILES string of the molecule is CCOc1ccc(NC(=O)COC(=O)Cc2coc3cc(CC)ccc23)cc1. The van der Waals surface area contributed by atoms with Crippen molar-refractivity contribution in [2.45, 2.75) is 26.7 Å². The summed E-state index contributed by atoms with van der Waals surface area (Å²) in [7, 11) is 0. The predicted molar refractivity (Wildman–Crippen MR) is 106 cm³/mol. The van der Waals surface area contributed by atoms with E-state index in [9.17, 15) is 9.59 Å². The molecule has 0 saturated carbocycles. The number of ether oxygens (including phenoxy) is 2. The molecule has 0 spiro atoms. The van der Waals surface area contributed by atoms with Crippen LogP contribution in [0.2, 0.25) is 0 Å². The van der Waals surface area contributed by atoms with Crippen molar-refractivity contribution in [2.24, 2.45) is 0 Å². The van der Waals surface area contributed by atoms with Crippen LogP contribution in [0.15, 0.2) is 53.1 Å². The average Bonchev–Trinajstić information content (AvgIpc) is 3.10. The van der Waals surface area contributed by atoms with Gasteiger partial charge in [-0.1, -0.05) is 19.1 Å². The summed E-state index contributed by atoms with van der Waals surface area (Å²) in [6, 6.07) is 12.9. The molecule has 1 N–H and O–H groups in total. The molecule has 0 aliphatic heterocycles. The Morgan fingerprint density at radius 1 is 1.07 bits per heavy atom. The van der Waals surface area contributed by atoms with Crippen molar-refractivity contribution in [3.63, 3.8) is 0 Å². The number of nitrogens with one attached hydrogen (secondary N) is 1. The molecule has 0 saturated heterocycles. The van der Waals surface area contributed by atoms with Crippen LogP contribution < -0.4 is 10.1 Å². The Labute approximate surface area is 163 Å². The van der Waals surface area contributed by atoms with Crippen LogP contribution in [0.25, 0.3) is 11.0 Å². The minimum Gasteiger partial charge on any atom is -0.494 e. The van der Waals surface area contributed by atoms with E-state index in [0.29, 0.717) is 12.3 Å². The van der Waals surface area contributed by atoms with Gasteiger partial charge in [-0.25, -0.2) is 0 Å². The lowest BCUT2D eigenvalue weighted by Crippen LogP contribution is -2.21. The molecule has 0 fully saturated rings. The zero-order chi connectivity index (χ0) is 19.9. The molecule has 1 heterocycles. The van der Waals surface area contributed by atoms with E-state index in [-0.39, 0.29) is 13.0 Å². The van der Waals surface area contributed by atoms with Gasteiger partial charge in [0.15, 0.2) is 6.61 Å². The van der Waals surface area contributed by atoms with Gasteiger partial charge >= 0.3 is 5.97 Å². The van der Waals surface area contributed by atoms with E-state index >= 15 is 0 Å². The molecule has 0 radical (unpaired) electrons. The van der Waals surface area contributed by atoms with Crippen LogP contribution in [0.3, 0.4) is 0 Å². The first-order valence-corrected chi connectivity index (χ1v) is 9.26. The maximum Gasteiger partial charge on any atom is 0.310 e. The third-order valence-electron chi connectivity index (χ3n) is 4.28. The highest BCUT2D eigenvalue weighted by Gasteiger charge is 2.13. The molecule has 28 heavy (non-hydrogen) atoms. The molecule has 1 amide bonds.